The second kappa shape index (κ2) is 4.72. The standard InChI is InChI=1S/C9H11NO5/c1-15-6-4-5(2-3-10-6)7(11)8(12)9(13)14/h2-4,7-8,11-12H,1H3,(H,13,14). The van der Waals surface area contributed by atoms with Crippen molar-refractivity contribution in [3.05, 3.63) is 23.9 Å². The van der Waals surface area contributed by atoms with Crippen LogP contribution in [0.1, 0.15) is 11.7 Å². The first-order valence-corrected chi connectivity index (χ1v) is 4.15. The Bertz CT molecular complexity index is 354. The molecule has 1 heterocycles. The quantitative estimate of drug-likeness (QED) is 0.627. The zero-order chi connectivity index (χ0) is 11.4. The number of ether oxygens (including phenoxy) is 1. The van der Waals surface area contributed by atoms with Gasteiger partial charge in [-0.25, -0.2) is 9.78 Å². The monoisotopic (exact) mass is 213 g/mol. The minimum atomic E-state index is -1.86. The number of rotatable bonds is 4. The molecule has 0 fully saturated rings. The maximum Gasteiger partial charge on any atom is 0.335 e. The Labute approximate surface area is 85.8 Å². The summed E-state index contributed by atoms with van der Waals surface area (Å²) in [5, 5.41) is 27.0. The van der Waals surface area contributed by atoms with Gasteiger partial charge in [0.25, 0.3) is 0 Å². The summed E-state index contributed by atoms with van der Waals surface area (Å²) in [5.74, 6) is -1.25. The number of aromatic nitrogens is 1. The maximum absolute atomic E-state index is 10.4. The number of hydrogen-bond acceptors (Lipinski definition) is 5. The van der Waals surface area contributed by atoms with E-state index in [-0.39, 0.29) is 11.4 Å². The number of carboxylic acids is 1. The van der Waals surface area contributed by atoms with Gasteiger partial charge in [-0.1, -0.05) is 0 Å². The van der Waals surface area contributed by atoms with Crippen LogP contribution >= 0.6 is 0 Å². The van der Waals surface area contributed by atoms with Crippen LogP contribution in [0.15, 0.2) is 18.3 Å². The van der Waals surface area contributed by atoms with Gasteiger partial charge in [-0.3, -0.25) is 0 Å². The van der Waals surface area contributed by atoms with E-state index in [0.29, 0.717) is 0 Å². The number of carboxylic acid groups (broad SMARTS) is 1. The van der Waals surface area contributed by atoms with Crippen LogP contribution in [0.3, 0.4) is 0 Å². The van der Waals surface area contributed by atoms with E-state index in [9.17, 15) is 9.90 Å². The highest BCUT2D eigenvalue weighted by Crippen LogP contribution is 2.19. The van der Waals surface area contributed by atoms with Crippen LogP contribution in [-0.2, 0) is 4.79 Å². The Morgan fingerprint density at radius 3 is 2.73 bits per heavy atom. The number of nitrogens with zero attached hydrogens (tertiary/aromatic N) is 1. The van der Waals surface area contributed by atoms with Gasteiger partial charge in [-0.05, 0) is 11.6 Å². The average Bonchev–Trinajstić information content (AvgIpc) is 2.27. The lowest BCUT2D eigenvalue weighted by atomic mass is 10.1. The second-order valence-corrected chi connectivity index (χ2v) is 2.86. The van der Waals surface area contributed by atoms with E-state index < -0.39 is 18.2 Å². The Balaban J connectivity index is 2.90. The van der Waals surface area contributed by atoms with Crippen LogP contribution in [0.25, 0.3) is 0 Å². The van der Waals surface area contributed by atoms with Gasteiger partial charge in [-0.2, -0.15) is 0 Å². The molecule has 6 heteroatoms. The Hall–Kier alpha value is -1.66. The molecule has 1 rings (SSSR count). The topological polar surface area (TPSA) is 99.9 Å². The molecule has 0 aliphatic carbocycles. The third kappa shape index (κ3) is 2.64. The summed E-state index contributed by atoms with van der Waals surface area (Å²) in [6.07, 6.45) is -2.01. The molecule has 15 heavy (non-hydrogen) atoms. The van der Waals surface area contributed by atoms with E-state index in [1.165, 1.54) is 25.4 Å². The fourth-order valence-electron chi connectivity index (χ4n) is 1.04. The molecule has 0 saturated heterocycles. The summed E-state index contributed by atoms with van der Waals surface area (Å²) in [6.45, 7) is 0. The number of aliphatic hydroxyl groups excluding tert-OH is 2. The van der Waals surface area contributed by atoms with E-state index >= 15 is 0 Å². The average molecular weight is 213 g/mol. The van der Waals surface area contributed by atoms with Gasteiger partial charge in [0.15, 0.2) is 6.10 Å². The summed E-state index contributed by atoms with van der Waals surface area (Å²) < 4.78 is 4.79. The van der Waals surface area contributed by atoms with Crippen molar-refractivity contribution in [2.45, 2.75) is 12.2 Å². The molecule has 0 saturated carbocycles. The van der Waals surface area contributed by atoms with Crippen LogP contribution in [0.2, 0.25) is 0 Å². The minimum Gasteiger partial charge on any atom is -0.481 e. The van der Waals surface area contributed by atoms with Gasteiger partial charge < -0.3 is 20.1 Å². The molecule has 3 N–H and O–H groups in total. The smallest absolute Gasteiger partial charge is 0.335 e. The van der Waals surface area contributed by atoms with Gasteiger partial charge in [0.05, 0.1) is 7.11 Å². The predicted octanol–water partition coefficient (Wildman–Crippen LogP) is -0.431. The van der Waals surface area contributed by atoms with Gasteiger partial charge >= 0.3 is 5.97 Å². The lowest BCUT2D eigenvalue weighted by molar-refractivity contribution is -0.153. The van der Waals surface area contributed by atoms with Gasteiger partial charge in [-0.15, -0.1) is 0 Å². The molecule has 0 radical (unpaired) electrons. The number of hydrogen-bond donors (Lipinski definition) is 3. The summed E-state index contributed by atoms with van der Waals surface area (Å²) >= 11 is 0. The van der Waals surface area contributed by atoms with Crippen molar-refractivity contribution in [1.82, 2.24) is 4.98 Å². The number of methoxy groups -OCH3 is 1. The summed E-state index contributed by atoms with van der Waals surface area (Å²) in [5.41, 5.74) is 0.233. The van der Waals surface area contributed by atoms with Crippen molar-refractivity contribution in [3.63, 3.8) is 0 Å². The zero-order valence-corrected chi connectivity index (χ0v) is 7.99. The molecule has 0 spiro atoms. The lowest BCUT2D eigenvalue weighted by Gasteiger charge is -2.14. The van der Waals surface area contributed by atoms with Crippen molar-refractivity contribution in [2.75, 3.05) is 7.11 Å². The van der Waals surface area contributed by atoms with Gasteiger partial charge in [0.2, 0.25) is 5.88 Å². The molecule has 0 aromatic carbocycles. The highest BCUT2D eigenvalue weighted by atomic mass is 16.5. The first-order valence-electron chi connectivity index (χ1n) is 4.15. The van der Waals surface area contributed by atoms with Crippen molar-refractivity contribution >= 4 is 5.97 Å². The molecule has 2 atom stereocenters. The fourth-order valence-corrected chi connectivity index (χ4v) is 1.04. The maximum atomic E-state index is 10.4. The highest BCUT2D eigenvalue weighted by molar-refractivity contribution is 5.73. The molecule has 1 aromatic heterocycles. The van der Waals surface area contributed by atoms with E-state index in [1.807, 2.05) is 0 Å². The zero-order valence-electron chi connectivity index (χ0n) is 7.99. The largest absolute Gasteiger partial charge is 0.481 e. The number of carbonyl (C=O) groups is 1. The molecule has 1 aromatic rings. The van der Waals surface area contributed by atoms with Crippen molar-refractivity contribution < 1.29 is 24.9 Å². The summed E-state index contributed by atoms with van der Waals surface area (Å²) in [4.78, 5) is 14.2. The van der Waals surface area contributed by atoms with Crippen molar-refractivity contribution in [2.24, 2.45) is 0 Å². The summed E-state index contributed by atoms with van der Waals surface area (Å²) in [7, 11) is 1.39. The van der Waals surface area contributed by atoms with Crippen LogP contribution in [-0.4, -0.2) is 39.5 Å². The third-order valence-corrected chi connectivity index (χ3v) is 1.86. The van der Waals surface area contributed by atoms with Crippen LogP contribution in [0.5, 0.6) is 5.88 Å². The number of aliphatic carboxylic acids is 1. The van der Waals surface area contributed by atoms with E-state index in [4.69, 9.17) is 14.9 Å². The normalized spacial score (nSPS) is 14.3. The molecule has 0 aliphatic heterocycles. The Morgan fingerprint density at radius 1 is 1.53 bits per heavy atom. The molecular formula is C9H11NO5. The van der Waals surface area contributed by atoms with Crippen molar-refractivity contribution in [1.29, 1.82) is 0 Å². The molecular weight excluding hydrogens is 202 g/mol. The van der Waals surface area contributed by atoms with Crippen molar-refractivity contribution in [3.8, 4) is 5.88 Å². The third-order valence-electron chi connectivity index (χ3n) is 1.86. The van der Waals surface area contributed by atoms with E-state index in [1.54, 1.807) is 0 Å². The second-order valence-electron chi connectivity index (χ2n) is 2.86. The molecule has 6 nitrogen and oxygen atoms in total. The first-order chi connectivity index (χ1) is 7.06. The SMILES string of the molecule is COc1cc(C(O)C(O)C(=O)O)ccn1. The molecule has 82 valence electrons. The lowest BCUT2D eigenvalue weighted by Crippen LogP contribution is -2.27. The predicted molar refractivity (Wildman–Crippen MR) is 49.4 cm³/mol. The fraction of sp³-hybridized carbons (Fsp3) is 0.333. The van der Waals surface area contributed by atoms with E-state index in [0.717, 1.165) is 0 Å². The van der Waals surface area contributed by atoms with Gasteiger partial charge in [0.1, 0.15) is 6.10 Å². The van der Waals surface area contributed by atoms with Crippen LogP contribution in [0.4, 0.5) is 0 Å². The van der Waals surface area contributed by atoms with E-state index in [2.05, 4.69) is 4.98 Å². The molecule has 0 aliphatic rings. The Kier molecular flexibility index (Phi) is 3.59. The van der Waals surface area contributed by atoms with Crippen LogP contribution < -0.4 is 4.74 Å². The number of pyridine rings is 1. The Morgan fingerprint density at radius 2 is 2.20 bits per heavy atom. The molecule has 2 unspecified atom stereocenters. The highest BCUT2D eigenvalue weighted by Gasteiger charge is 2.25. The number of aliphatic hydroxyl groups is 2. The minimum absolute atomic E-state index is 0.233. The molecule has 0 bridgehead atoms. The van der Waals surface area contributed by atoms with Gasteiger partial charge in [0, 0.05) is 12.3 Å². The first kappa shape index (κ1) is 11.4. The van der Waals surface area contributed by atoms with Crippen LogP contribution in [0, 0.1) is 0 Å². The molecule has 0 amide bonds. The summed E-state index contributed by atoms with van der Waals surface area (Å²) in [6, 6.07) is 2.76.